The Kier molecular flexibility index (Phi) is 7.01. The second-order valence-corrected chi connectivity index (χ2v) is 6.96. The Morgan fingerprint density at radius 3 is 2.29 bits per heavy atom. The number of halogens is 3. The molecule has 0 bridgehead atoms. The van der Waals surface area contributed by atoms with Gasteiger partial charge in [-0.05, 0) is 66.6 Å². The Balaban J connectivity index is 1.73. The van der Waals surface area contributed by atoms with Crippen LogP contribution < -0.4 is 14.8 Å². The summed E-state index contributed by atoms with van der Waals surface area (Å²) in [5, 5.41) is 4.47. The molecule has 3 aromatic rings. The maximum atomic E-state index is 13.0. The fourth-order valence-electron chi connectivity index (χ4n) is 2.63. The third kappa shape index (κ3) is 5.54. The molecule has 0 aromatic heterocycles. The van der Waals surface area contributed by atoms with Crippen LogP contribution in [0.2, 0.25) is 10.0 Å². The van der Waals surface area contributed by atoms with Gasteiger partial charge >= 0.3 is 0 Å². The fourth-order valence-corrected chi connectivity index (χ4v) is 3.05. The molecule has 28 heavy (non-hydrogen) atoms. The second-order valence-electron chi connectivity index (χ2n) is 6.11. The zero-order chi connectivity index (χ0) is 19.9. The standard InChI is InChI=1S/C22H20Cl2FNO2/c1-2-27-21-12-16(13-26-19-9-5-17(23)6-10-19)11-20(24)22(21)28-14-15-3-7-18(25)8-4-15/h3-12,26H,2,13-14H2,1H3. The number of hydrogen-bond donors (Lipinski definition) is 1. The summed E-state index contributed by atoms with van der Waals surface area (Å²) in [6.07, 6.45) is 0. The van der Waals surface area contributed by atoms with E-state index in [9.17, 15) is 4.39 Å². The van der Waals surface area contributed by atoms with Gasteiger partial charge in [0, 0.05) is 17.3 Å². The zero-order valence-corrected chi connectivity index (χ0v) is 16.9. The molecular weight excluding hydrogens is 400 g/mol. The smallest absolute Gasteiger partial charge is 0.180 e. The van der Waals surface area contributed by atoms with Crippen LogP contribution in [-0.4, -0.2) is 6.61 Å². The highest BCUT2D eigenvalue weighted by Crippen LogP contribution is 2.37. The van der Waals surface area contributed by atoms with Crippen LogP contribution >= 0.6 is 23.2 Å². The molecule has 0 fully saturated rings. The molecule has 1 N–H and O–H groups in total. The van der Waals surface area contributed by atoms with Crippen LogP contribution in [0.25, 0.3) is 0 Å². The van der Waals surface area contributed by atoms with E-state index >= 15 is 0 Å². The Labute approximate surface area is 174 Å². The topological polar surface area (TPSA) is 30.5 Å². The van der Waals surface area contributed by atoms with Crippen LogP contribution in [0.15, 0.2) is 60.7 Å². The van der Waals surface area contributed by atoms with Crippen molar-refractivity contribution in [3.05, 3.63) is 87.7 Å². The second kappa shape index (κ2) is 9.67. The molecule has 0 aliphatic rings. The van der Waals surface area contributed by atoms with Gasteiger partial charge < -0.3 is 14.8 Å². The minimum atomic E-state index is -0.283. The first-order chi connectivity index (χ1) is 13.5. The van der Waals surface area contributed by atoms with Crippen molar-refractivity contribution < 1.29 is 13.9 Å². The lowest BCUT2D eigenvalue weighted by Crippen LogP contribution is -2.04. The van der Waals surface area contributed by atoms with Gasteiger partial charge in [-0.3, -0.25) is 0 Å². The summed E-state index contributed by atoms with van der Waals surface area (Å²) < 4.78 is 24.6. The van der Waals surface area contributed by atoms with Gasteiger partial charge in [0.2, 0.25) is 0 Å². The number of benzene rings is 3. The average molecular weight is 420 g/mol. The number of nitrogens with one attached hydrogen (secondary N) is 1. The first kappa shape index (κ1) is 20.3. The van der Waals surface area contributed by atoms with E-state index in [2.05, 4.69) is 5.32 Å². The van der Waals surface area contributed by atoms with Gasteiger partial charge in [0.1, 0.15) is 12.4 Å². The van der Waals surface area contributed by atoms with Crippen molar-refractivity contribution in [3.8, 4) is 11.5 Å². The van der Waals surface area contributed by atoms with E-state index < -0.39 is 0 Å². The summed E-state index contributed by atoms with van der Waals surface area (Å²) >= 11 is 12.4. The van der Waals surface area contributed by atoms with Crippen molar-refractivity contribution in [2.24, 2.45) is 0 Å². The first-order valence-electron chi connectivity index (χ1n) is 8.87. The van der Waals surface area contributed by atoms with Crippen molar-refractivity contribution in [2.45, 2.75) is 20.1 Å². The predicted molar refractivity (Wildman–Crippen MR) is 112 cm³/mol. The van der Waals surface area contributed by atoms with E-state index in [1.54, 1.807) is 12.1 Å². The summed E-state index contributed by atoms with van der Waals surface area (Å²) in [5.41, 5.74) is 2.75. The van der Waals surface area contributed by atoms with Crippen LogP contribution in [0.4, 0.5) is 10.1 Å². The molecule has 0 aliphatic heterocycles. The molecule has 6 heteroatoms. The Morgan fingerprint density at radius 1 is 0.893 bits per heavy atom. The Morgan fingerprint density at radius 2 is 1.61 bits per heavy atom. The third-order valence-corrected chi connectivity index (χ3v) is 4.54. The van der Waals surface area contributed by atoms with Crippen molar-refractivity contribution >= 4 is 28.9 Å². The van der Waals surface area contributed by atoms with Crippen LogP contribution in [0, 0.1) is 5.82 Å². The minimum absolute atomic E-state index is 0.266. The highest BCUT2D eigenvalue weighted by molar-refractivity contribution is 6.32. The molecule has 0 atom stereocenters. The molecule has 146 valence electrons. The molecule has 0 aliphatic carbocycles. The number of rotatable bonds is 8. The fraction of sp³-hybridized carbons (Fsp3) is 0.182. The molecule has 0 amide bonds. The lowest BCUT2D eigenvalue weighted by atomic mass is 10.2. The van der Waals surface area contributed by atoms with Gasteiger partial charge in [0.05, 0.1) is 11.6 Å². The largest absolute Gasteiger partial charge is 0.490 e. The van der Waals surface area contributed by atoms with Crippen molar-refractivity contribution in [1.82, 2.24) is 0 Å². The first-order valence-corrected chi connectivity index (χ1v) is 9.62. The maximum Gasteiger partial charge on any atom is 0.180 e. The van der Waals surface area contributed by atoms with Gasteiger partial charge in [-0.2, -0.15) is 0 Å². The van der Waals surface area contributed by atoms with Crippen LogP contribution in [-0.2, 0) is 13.2 Å². The van der Waals surface area contributed by atoms with Gasteiger partial charge in [0.15, 0.2) is 11.5 Å². The van der Waals surface area contributed by atoms with Gasteiger partial charge in [-0.25, -0.2) is 4.39 Å². The predicted octanol–water partition coefficient (Wildman–Crippen LogP) is 6.72. The van der Waals surface area contributed by atoms with Crippen LogP contribution in [0.5, 0.6) is 11.5 Å². The summed E-state index contributed by atoms with van der Waals surface area (Å²) in [4.78, 5) is 0. The van der Waals surface area contributed by atoms with Gasteiger partial charge in [-0.15, -0.1) is 0 Å². The molecule has 3 aromatic carbocycles. The molecule has 0 saturated carbocycles. The van der Waals surface area contributed by atoms with Crippen molar-refractivity contribution in [3.63, 3.8) is 0 Å². The molecule has 0 saturated heterocycles. The van der Waals surface area contributed by atoms with E-state index in [-0.39, 0.29) is 12.4 Å². The summed E-state index contributed by atoms with van der Waals surface area (Å²) in [6, 6.07) is 17.4. The lowest BCUT2D eigenvalue weighted by Gasteiger charge is -2.16. The van der Waals surface area contributed by atoms with Gasteiger partial charge in [-0.1, -0.05) is 35.3 Å². The number of hydrogen-bond acceptors (Lipinski definition) is 3. The number of ether oxygens (including phenoxy) is 2. The molecule has 0 unspecified atom stereocenters. The molecule has 0 heterocycles. The van der Waals surface area contributed by atoms with Gasteiger partial charge in [0.25, 0.3) is 0 Å². The minimum Gasteiger partial charge on any atom is -0.490 e. The summed E-state index contributed by atoms with van der Waals surface area (Å²) in [5.74, 6) is 0.766. The number of anilines is 1. The lowest BCUT2D eigenvalue weighted by molar-refractivity contribution is 0.269. The molecule has 0 radical (unpaired) electrons. The maximum absolute atomic E-state index is 13.0. The Bertz CT molecular complexity index is 915. The third-order valence-electron chi connectivity index (χ3n) is 4.01. The molecular formula is C22H20Cl2FNO2. The highest BCUT2D eigenvalue weighted by Gasteiger charge is 2.13. The Hall–Kier alpha value is -2.43. The highest BCUT2D eigenvalue weighted by atomic mass is 35.5. The quantitative estimate of drug-likeness (QED) is 0.439. The summed E-state index contributed by atoms with van der Waals surface area (Å²) in [7, 11) is 0. The van der Waals surface area contributed by atoms with E-state index in [1.807, 2.05) is 43.3 Å². The SMILES string of the molecule is CCOc1cc(CNc2ccc(Cl)cc2)cc(Cl)c1OCc1ccc(F)cc1. The molecule has 3 nitrogen and oxygen atoms in total. The normalized spacial score (nSPS) is 10.6. The van der Waals surface area contributed by atoms with Crippen molar-refractivity contribution in [2.75, 3.05) is 11.9 Å². The van der Waals surface area contributed by atoms with Crippen LogP contribution in [0.3, 0.4) is 0 Å². The summed E-state index contributed by atoms with van der Waals surface area (Å²) in [6.45, 7) is 3.22. The van der Waals surface area contributed by atoms with Crippen LogP contribution in [0.1, 0.15) is 18.1 Å². The average Bonchev–Trinajstić information content (AvgIpc) is 2.68. The van der Waals surface area contributed by atoms with Crippen molar-refractivity contribution in [1.29, 1.82) is 0 Å². The van der Waals surface area contributed by atoms with E-state index in [1.165, 1.54) is 12.1 Å². The van der Waals surface area contributed by atoms with E-state index in [0.29, 0.717) is 34.7 Å². The molecule has 0 spiro atoms. The monoisotopic (exact) mass is 419 g/mol. The van der Waals surface area contributed by atoms with E-state index in [0.717, 1.165) is 16.8 Å². The van der Waals surface area contributed by atoms with E-state index in [4.69, 9.17) is 32.7 Å². The molecule has 3 rings (SSSR count). The zero-order valence-electron chi connectivity index (χ0n) is 15.3.